The molecule has 1 fully saturated rings. The Morgan fingerprint density at radius 1 is 0.889 bits per heavy atom. The van der Waals surface area contributed by atoms with Gasteiger partial charge in [-0.2, -0.15) is 0 Å². The minimum absolute atomic E-state index is 0. The van der Waals surface area contributed by atoms with E-state index in [-0.39, 0.29) is 36.6 Å². The number of fused-ring (bicyclic) bond motifs is 4. The summed E-state index contributed by atoms with van der Waals surface area (Å²) in [7, 11) is 5.06. The van der Waals surface area contributed by atoms with Crippen molar-refractivity contribution in [2.75, 3.05) is 41.0 Å². The quantitative estimate of drug-likeness (QED) is 0.507. The molecule has 2 aromatic carbocycles. The lowest BCUT2D eigenvalue weighted by Crippen LogP contribution is -2.46. The van der Waals surface area contributed by atoms with Crippen LogP contribution in [0.5, 0.6) is 23.0 Å². The average molecular weight is 540 g/mol. The molecular weight excluding hydrogens is 499 g/mol. The zero-order valence-electron chi connectivity index (χ0n) is 21.7. The summed E-state index contributed by atoms with van der Waals surface area (Å²) >= 11 is 0. The predicted molar refractivity (Wildman–Crippen MR) is 148 cm³/mol. The smallest absolute Gasteiger partial charge is 0.161 e. The number of rotatable bonds is 6. The fourth-order valence-electron chi connectivity index (χ4n) is 6.59. The van der Waals surface area contributed by atoms with Gasteiger partial charge in [-0.3, -0.25) is 4.90 Å². The first kappa shape index (κ1) is 28.7. The van der Waals surface area contributed by atoms with Gasteiger partial charge in [-0.15, -0.1) is 24.8 Å². The summed E-state index contributed by atoms with van der Waals surface area (Å²) in [6.45, 7) is 5.55. The molecule has 8 heteroatoms. The van der Waals surface area contributed by atoms with Crippen molar-refractivity contribution in [2.24, 2.45) is 11.8 Å². The number of ether oxygens (including phenoxy) is 3. The number of aromatic hydroxyl groups is 1. The lowest BCUT2D eigenvalue weighted by Gasteiger charge is -2.48. The molecule has 3 aliphatic heterocycles. The fraction of sp³-hybridized carbons (Fsp3) is 0.571. The number of benzene rings is 2. The molecule has 3 aliphatic rings. The largest absolute Gasteiger partial charge is 0.504 e. The second-order valence-corrected chi connectivity index (χ2v) is 10.0. The van der Waals surface area contributed by atoms with Crippen molar-refractivity contribution in [1.29, 1.82) is 0 Å². The summed E-state index contributed by atoms with van der Waals surface area (Å²) in [6, 6.07) is 9.06. The molecule has 0 saturated carbocycles. The van der Waals surface area contributed by atoms with Crippen LogP contribution in [-0.4, -0.2) is 51.0 Å². The highest BCUT2D eigenvalue weighted by Gasteiger charge is 2.40. The van der Waals surface area contributed by atoms with Crippen LogP contribution in [0.3, 0.4) is 0 Å². The number of nitrogens with zero attached hydrogens (tertiary/aromatic N) is 1. The Morgan fingerprint density at radius 2 is 1.56 bits per heavy atom. The highest BCUT2D eigenvalue weighted by molar-refractivity contribution is 5.85. The maximum Gasteiger partial charge on any atom is 0.161 e. The van der Waals surface area contributed by atoms with Gasteiger partial charge in [-0.05, 0) is 90.6 Å². The Balaban J connectivity index is 0.00000180. The van der Waals surface area contributed by atoms with E-state index in [0.717, 1.165) is 56.8 Å². The second kappa shape index (κ2) is 12.1. The number of methoxy groups -OCH3 is 3. The van der Waals surface area contributed by atoms with E-state index < -0.39 is 0 Å². The SMILES string of the molecule is CCC1CN2CCc3cc(OC)c(OC)cc3C2CC1CC1NCCc2cc(O)c(OC)cc21.Cl.Cl. The van der Waals surface area contributed by atoms with Gasteiger partial charge in [0.2, 0.25) is 0 Å². The van der Waals surface area contributed by atoms with Crippen LogP contribution in [0.2, 0.25) is 0 Å². The normalized spacial score (nSPS) is 24.8. The number of phenolic OH excluding ortho intramolecular Hbond substituents is 1. The van der Waals surface area contributed by atoms with E-state index in [2.05, 4.69) is 29.3 Å². The molecule has 1 saturated heterocycles. The Labute approximate surface area is 227 Å². The number of hydrogen-bond donors (Lipinski definition) is 2. The van der Waals surface area contributed by atoms with Gasteiger partial charge in [0.05, 0.1) is 21.3 Å². The van der Waals surface area contributed by atoms with Gasteiger partial charge in [-0.25, -0.2) is 0 Å². The number of piperidine rings is 1. The number of phenols is 1. The van der Waals surface area contributed by atoms with E-state index in [1.165, 1.54) is 28.7 Å². The fourth-order valence-corrected chi connectivity index (χ4v) is 6.59. The lowest BCUT2D eigenvalue weighted by atomic mass is 9.72. The Bertz CT molecular complexity index is 1050. The van der Waals surface area contributed by atoms with Crippen molar-refractivity contribution in [1.82, 2.24) is 10.2 Å². The van der Waals surface area contributed by atoms with Crippen molar-refractivity contribution < 1.29 is 19.3 Å². The van der Waals surface area contributed by atoms with E-state index in [1.807, 2.05) is 12.1 Å². The van der Waals surface area contributed by atoms with Crippen molar-refractivity contribution in [3.05, 3.63) is 46.5 Å². The standard InChI is InChI=1S/C28H38N2O4.2ClH/c1-5-17-16-30-9-7-19-13-27(33-3)28(34-4)15-22(19)24(30)11-20(17)10-23-21-14-26(32-2)25(31)12-18(21)6-8-29-23;;/h12-15,17,20,23-24,29,31H,5-11,16H2,1-4H3;2*1H. The molecule has 4 unspecified atom stereocenters. The van der Waals surface area contributed by atoms with Crippen LogP contribution in [0.15, 0.2) is 24.3 Å². The molecule has 0 spiro atoms. The van der Waals surface area contributed by atoms with Crippen LogP contribution in [0.1, 0.15) is 60.5 Å². The van der Waals surface area contributed by atoms with Gasteiger partial charge in [0.15, 0.2) is 23.0 Å². The third-order valence-corrected chi connectivity index (χ3v) is 8.44. The van der Waals surface area contributed by atoms with Gasteiger partial charge in [0.25, 0.3) is 0 Å². The number of halogens is 2. The average Bonchev–Trinajstić information content (AvgIpc) is 2.87. The molecule has 5 rings (SSSR count). The Morgan fingerprint density at radius 3 is 2.25 bits per heavy atom. The maximum atomic E-state index is 10.3. The number of hydrogen-bond acceptors (Lipinski definition) is 6. The zero-order chi connectivity index (χ0) is 23.8. The van der Waals surface area contributed by atoms with E-state index in [0.29, 0.717) is 23.6 Å². The summed E-state index contributed by atoms with van der Waals surface area (Å²) in [5.74, 6) is 3.76. The molecule has 3 heterocycles. The highest BCUT2D eigenvalue weighted by atomic mass is 35.5. The molecule has 200 valence electrons. The van der Waals surface area contributed by atoms with Crippen LogP contribution in [0.4, 0.5) is 0 Å². The van der Waals surface area contributed by atoms with Crippen LogP contribution in [-0.2, 0) is 12.8 Å². The third-order valence-electron chi connectivity index (χ3n) is 8.44. The molecule has 2 aromatic rings. The minimum Gasteiger partial charge on any atom is -0.504 e. The topological polar surface area (TPSA) is 63.2 Å². The summed E-state index contributed by atoms with van der Waals surface area (Å²) < 4.78 is 16.7. The molecule has 0 amide bonds. The third kappa shape index (κ3) is 5.24. The van der Waals surface area contributed by atoms with Gasteiger partial charge >= 0.3 is 0 Å². The maximum absolute atomic E-state index is 10.3. The van der Waals surface area contributed by atoms with Gasteiger partial charge < -0.3 is 24.6 Å². The highest BCUT2D eigenvalue weighted by Crippen LogP contribution is 2.47. The van der Waals surface area contributed by atoms with Crippen LogP contribution >= 0.6 is 24.8 Å². The first-order chi connectivity index (χ1) is 16.6. The van der Waals surface area contributed by atoms with Crippen LogP contribution < -0.4 is 19.5 Å². The molecule has 4 atom stereocenters. The van der Waals surface area contributed by atoms with Crippen molar-refractivity contribution in [2.45, 2.75) is 51.1 Å². The number of nitrogens with one attached hydrogen (secondary N) is 1. The summed E-state index contributed by atoms with van der Waals surface area (Å²) in [6.07, 6.45) is 5.46. The minimum atomic E-state index is 0. The molecule has 6 nitrogen and oxygen atoms in total. The van der Waals surface area contributed by atoms with E-state index in [1.54, 1.807) is 21.3 Å². The predicted octanol–water partition coefficient (Wildman–Crippen LogP) is 5.48. The van der Waals surface area contributed by atoms with Gasteiger partial charge in [-0.1, -0.05) is 13.3 Å². The molecule has 0 aliphatic carbocycles. The van der Waals surface area contributed by atoms with Crippen molar-refractivity contribution in [3.63, 3.8) is 0 Å². The molecular formula is C28H40Cl2N2O4. The van der Waals surface area contributed by atoms with Gasteiger partial charge in [0.1, 0.15) is 0 Å². The van der Waals surface area contributed by atoms with Gasteiger partial charge in [0, 0.05) is 25.2 Å². The van der Waals surface area contributed by atoms with Crippen LogP contribution in [0, 0.1) is 11.8 Å². The van der Waals surface area contributed by atoms with E-state index >= 15 is 0 Å². The van der Waals surface area contributed by atoms with E-state index in [9.17, 15) is 5.11 Å². The summed E-state index contributed by atoms with van der Waals surface area (Å²) in [4.78, 5) is 2.70. The Hall–Kier alpha value is -1.86. The first-order valence-electron chi connectivity index (χ1n) is 12.7. The summed E-state index contributed by atoms with van der Waals surface area (Å²) in [5.41, 5.74) is 5.34. The first-order valence-corrected chi connectivity index (χ1v) is 12.7. The van der Waals surface area contributed by atoms with Crippen molar-refractivity contribution in [3.8, 4) is 23.0 Å². The zero-order valence-corrected chi connectivity index (χ0v) is 23.3. The monoisotopic (exact) mass is 538 g/mol. The summed E-state index contributed by atoms with van der Waals surface area (Å²) in [5, 5.41) is 14.1. The molecule has 0 aromatic heterocycles. The molecule has 0 bridgehead atoms. The Kier molecular flexibility index (Phi) is 9.67. The molecule has 36 heavy (non-hydrogen) atoms. The lowest BCUT2D eigenvalue weighted by molar-refractivity contribution is 0.0434. The van der Waals surface area contributed by atoms with Crippen LogP contribution in [0.25, 0.3) is 0 Å². The molecule has 0 radical (unpaired) electrons. The molecule has 2 N–H and O–H groups in total. The van der Waals surface area contributed by atoms with Crippen molar-refractivity contribution >= 4 is 24.8 Å². The second-order valence-electron chi connectivity index (χ2n) is 10.0. The van der Waals surface area contributed by atoms with E-state index in [4.69, 9.17) is 14.2 Å².